The van der Waals surface area contributed by atoms with Crippen molar-refractivity contribution < 1.29 is 9.53 Å². The highest BCUT2D eigenvalue weighted by Gasteiger charge is 2.51. The third-order valence-electron chi connectivity index (χ3n) is 4.08. The zero-order chi connectivity index (χ0) is 12.8. The summed E-state index contributed by atoms with van der Waals surface area (Å²) in [5.74, 6) is 0.0534. The number of benzene rings is 1. The van der Waals surface area contributed by atoms with Gasteiger partial charge in [-0.2, -0.15) is 0 Å². The van der Waals surface area contributed by atoms with E-state index in [0.717, 1.165) is 30.5 Å². The second-order valence-electron chi connectivity index (χ2n) is 5.27. The standard InChI is InChI=1S/C14H18N2O2/c1-18-8-7-16-9-14(5-6-14)10-3-2-4-11(15)12(10)13(16)17/h2-4H,5-9,15H2,1H3. The smallest absolute Gasteiger partial charge is 0.256 e. The van der Waals surface area contributed by atoms with Gasteiger partial charge < -0.3 is 15.4 Å². The van der Waals surface area contributed by atoms with E-state index in [1.54, 1.807) is 7.11 Å². The molecular formula is C14H18N2O2. The first kappa shape index (κ1) is 11.5. The van der Waals surface area contributed by atoms with Gasteiger partial charge in [-0.1, -0.05) is 12.1 Å². The van der Waals surface area contributed by atoms with Gasteiger partial charge in [0, 0.05) is 31.3 Å². The fourth-order valence-electron chi connectivity index (χ4n) is 2.89. The monoisotopic (exact) mass is 246 g/mol. The number of rotatable bonds is 3. The van der Waals surface area contributed by atoms with E-state index >= 15 is 0 Å². The lowest BCUT2D eigenvalue weighted by Gasteiger charge is -2.35. The second-order valence-corrected chi connectivity index (χ2v) is 5.27. The molecule has 1 heterocycles. The Hall–Kier alpha value is -1.55. The predicted octanol–water partition coefficient (Wildman–Crippen LogP) is 1.40. The van der Waals surface area contributed by atoms with Crippen LogP contribution in [0, 0.1) is 0 Å². The van der Waals surface area contributed by atoms with Crippen LogP contribution in [0.15, 0.2) is 18.2 Å². The molecule has 1 aromatic rings. The van der Waals surface area contributed by atoms with Crippen LogP contribution < -0.4 is 5.73 Å². The van der Waals surface area contributed by atoms with Crippen molar-refractivity contribution in [1.82, 2.24) is 4.90 Å². The molecule has 1 spiro atoms. The molecule has 0 radical (unpaired) electrons. The topological polar surface area (TPSA) is 55.6 Å². The number of anilines is 1. The van der Waals surface area contributed by atoms with Crippen LogP contribution in [0.1, 0.15) is 28.8 Å². The van der Waals surface area contributed by atoms with E-state index in [1.165, 1.54) is 0 Å². The minimum absolute atomic E-state index is 0.0534. The first-order chi connectivity index (χ1) is 8.68. The molecule has 1 aliphatic heterocycles. The van der Waals surface area contributed by atoms with E-state index in [4.69, 9.17) is 10.5 Å². The summed E-state index contributed by atoms with van der Waals surface area (Å²) in [5.41, 5.74) is 8.64. The maximum atomic E-state index is 12.4. The van der Waals surface area contributed by atoms with E-state index in [1.807, 2.05) is 17.0 Å². The molecule has 1 aromatic carbocycles. The average molecular weight is 246 g/mol. The molecule has 3 rings (SSSR count). The number of nitrogens with two attached hydrogens (primary N) is 1. The van der Waals surface area contributed by atoms with Gasteiger partial charge in [-0.25, -0.2) is 0 Å². The molecule has 1 fully saturated rings. The van der Waals surface area contributed by atoms with Gasteiger partial charge in [0.1, 0.15) is 0 Å². The number of nitrogen functional groups attached to an aromatic ring is 1. The van der Waals surface area contributed by atoms with Crippen molar-refractivity contribution in [3.63, 3.8) is 0 Å². The zero-order valence-corrected chi connectivity index (χ0v) is 10.6. The Balaban J connectivity index is 2.00. The first-order valence-corrected chi connectivity index (χ1v) is 6.35. The second kappa shape index (κ2) is 3.99. The van der Waals surface area contributed by atoms with Crippen LogP contribution in [0.3, 0.4) is 0 Å². The van der Waals surface area contributed by atoms with Gasteiger partial charge in [0.05, 0.1) is 12.2 Å². The Bertz CT molecular complexity index is 495. The van der Waals surface area contributed by atoms with Crippen molar-refractivity contribution >= 4 is 11.6 Å². The number of carbonyl (C=O) groups is 1. The van der Waals surface area contributed by atoms with Gasteiger partial charge in [0.2, 0.25) is 0 Å². The Morgan fingerprint density at radius 3 is 2.89 bits per heavy atom. The summed E-state index contributed by atoms with van der Waals surface area (Å²) >= 11 is 0. The number of amides is 1. The maximum Gasteiger partial charge on any atom is 0.256 e. The molecule has 0 saturated heterocycles. The Kier molecular flexibility index (Phi) is 2.55. The number of nitrogens with zero attached hydrogens (tertiary/aromatic N) is 1. The van der Waals surface area contributed by atoms with Crippen LogP contribution in [-0.2, 0) is 10.2 Å². The Morgan fingerprint density at radius 2 is 2.22 bits per heavy atom. The number of ether oxygens (including phenoxy) is 1. The summed E-state index contributed by atoms with van der Waals surface area (Å²) in [7, 11) is 1.66. The van der Waals surface area contributed by atoms with Gasteiger partial charge >= 0.3 is 0 Å². The van der Waals surface area contributed by atoms with Gasteiger partial charge in [0.15, 0.2) is 0 Å². The third kappa shape index (κ3) is 1.60. The lowest BCUT2D eigenvalue weighted by molar-refractivity contribution is 0.0649. The Morgan fingerprint density at radius 1 is 1.44 bits per heavy atom. The van der Waals surface area contributed by atoms with E-state index < -0.39 is 0 Å². The molecule has 1 amide bonds. The van der Waals surface area contributed by atoms with Crippen LogP contribution in [-0.4, -0.2) is 37.6 Å². The molecule has 0 bridgehead atoms. The molecule has 4 heteroatoms. The molecule has 2 N–H and O–H groups in total. The maximum absolute atomic E-state index is 12.4. The van der Waals surface area contributed by atoms with Crippen LogP contribution in [0.2, 0.25) is 0 Å². The van der Waals surface area contributed by atoms with Gasteiger partial charge in [-0.05, 0) is 24.5 Å². The molecular weight excluding hydrogens is 228 g/mol. The average Bonchev–Trinajstić information content (AvgIpc) is 3.13. The van der Waals surface area contributed by atoms with Crippen molar-refractivity contribution in [3.05, 3.63) is 29.3 Å². The first-order valence-electron chi connectivity index (χ1n) is 6.35. The van der Waals surface area contributed by atoms with Gasteiger partial charge in [0.25, 0.3) is 5.91 Å². The molecule has 4 nitrogen and oxygen atoms in total. The molecule has 96 valence electrons. The number of hydrogen-bond donors (Lipinski definition) is 1. The van der Waals surface area contributed by atoms with Crippen molar-refractivity contribution in [3.8, 4) is 0 Å². The SMILES string of the molecule is COCCN1CC2(CC2)c2cccc(N)c2C1=O. The predicted molar refractivity (Wildman–Crippen MR) is 69.5 cm³/mol. The molecule has 1 saturated carbocycles. The minimum atomic E-state index is 0.0534. The highest BCUT2D eigenvalue weighted by Crippen LogP contribution is 2.53. The summed E-state index contributed by atoms with van der Waals surface area (Å²) in [6.45, 7) is 2.03. The van der Waals surface area contributed by atoms with Crippen LogP contribution in [0.5, 0.6) is 0 Å². The highest BCUT2D eigenvalue weighted by atomic mass is 16.5. The molecule has 1 aliphatic carbocycles. The minimum Gasteiger partial charge on any atom is -0.398 e. The largest absolute Gasteiger partial charge is 0.398 e. The molecule has 0 atom stereocenters. The van der Waals surface area contributed by atoms with Crippen molar-refractivity contribution in [2.24, 2.45) is 0 Å². The van der Waals surface area contributed by atoms with E-state index in [0.29, 0.717) is 18.8 Å². The fraction of sp³-hybridized carbons (Fsp3) is 0.500. The van der Waals surface area contributed by atoms with Crippen LogP contribution in [0.25, 0.3) is 0 Å². The third-order valence-corrected chi connectivity index (χ3v) is 4.08. The quantitative estimate of drug-likeness (QED) is 0.820. The van der Waals surface area contributed by atoms with Crippen molar-refractivity contribution in [2.75, 3.05) is 32.5 Å². The normalized spacial score (nSPS) is 20.1. The zero-order valence-electron chi connectivity index (χ0n) is 10.6. The molecule has 18 heavy (non-hydrogen) atoms. The summed E-state index contributed by atoms with van der Waals surface area (Å²) < 4.78 is 5.07. The summed E-state index contributed by atoms with van der Waals surface area (Å²) in [6, 6.07) is 5.82. The lowest BCUT2D eigenvalue weighted by atomic mass is 9.85. The fourth-order valence-corrected chi connectivity index (χ4v) is 2.89. The van der Waals surface area contributed by atoms with E-state index in [-0.39, 0.29) is 11.3 Å². The van der Waals surface area contributed by atoms with Crippen molar-refractivity contribution in [2.45, 2.75) is 18.3 Å². The highest BCUT2D eigenvalue weighted by molar-refractivity contribution is 6.02. The molecule has 0 aromatic heterocycles. The summed E-state index contributed by atoms with van der Waals surface area (Å²) in [4.78, 5) is 14.3. The van der Waals surface area contributed by atoms with Crippen LogP contribution >= 0.6 is 0 Å². The molecule has 2 aliphatic rings. The van der Waals surface area contributed by atoms with Gasteiger partial charge in [-0.15, -0.1) is 0 Å². The number of hydrogen-bond acceptors (Lipinski definition) is 3. The van der Waals surface area contributed by atoms with Gasteiger partial charge in [-0.3, -0.25) is 4.79 Å². The van der Waals surface area contributed by atoms with E-state index in [9.17, 15) is 4.79 Å². The Labute approximate surface area is 107 Å². The molecule has 0 unspecified atom stereocenters. The summed E-state index contributed by atoms with van der Waals surface area (Å²) in [6.07, 6.45) is 2.31. The van der Waals surface area contributed by atoms with Crippen LogP contribution in [0.4, 0.5) is 5.69 Å². The van der Waals surface area contributed by atoms with E-state index in [2.05, 4.69) is 6.07 Å². The number of methoxy groups -OCH3 is 1. The lowest BCUT2D eigenvalue weighted by Crippen LogP contribution is -2.45. The summed E-state index contributed by atoms with van der Waals surface area (Å²) in [5, 5.41) is 0. The van der Waals surface area contributed by atoms with Crippen molar-refractivity contribution in [1.29, 1.82) is 0 Å². The number of carbonyl (C=O) groups excluding carboxylic acids is 1. The number of fused-ring (bicyclic) bond motifs is 2.